The van der Waals surface area contributed by atoms with Crippen molar-refractivity contribution in [3.8, 4) is 0 Å². The highest BCUT2D eigenvalue weighted by Gasteiger charge is 2.29. The highest BCUT2D eigenvalue weighted by molar-refractivity contribution is 7.88. The van der Waals surface area contributed by atoms with E-state index in [1.807, 2.05) is 6.07 Å². The third kappa shape index (κ3) is 5.14. The van der Waals surface area contributed by atoms with Gasteiger partial charge < -0.3 is 10.2 Å². The number of carbonyl (C=O) groups excluding carboxylic acids is 1. The molecule has 1 fully saturated rings. The summed E-state index contributed by atoms with van der Waals surface area (Å²) in [6.07, 6.45) is -2.61. The van der Waals surface area contributed by atoms with Crippen LogP contribution in [-0.4, -0.2) is 62.8 Å². The van der Waals surface area contributed by atoms with Gasteiger partial charge in [-0.15, -0.1) is 0 Å². The zero-order chi connectivity index (χ0) is 16.9. The number of nitrogens with zero attached hydrogens (tertiary/aromatic N) is 2. The highest BCUT2D eigenvalue weighted by atomic mass is 32.2. The van der Waals surface area contributed by atoms with Gasteiger partial charge in [0.1, 0.15) is 0 Å². The van der Waals surface area contributed by atoms with E-state index in [9.17, 15) is 22.0 Å². The molecule has 1 N–H and O–H groups in total. The average Bonchev–Trinajstić information content (AvgIpc) is 2.53. The van der Waals surface area contributed by atoms with E-state index in [0.29, 0.717) is 5.56 Å². The van der Waals surface area contributed by atoms with Gasteiger partial charge in [0.15, 0.2) is 0 Å². The Kier molecular flexibility index (Phi) is 5.89. The Labute approximate surface area is 134 Å². The fourth-order valence-electron chi connectivity index (χ4n) is 2.32. The topological polar surface area (TPSA) is 69.7 Å². The van der Waals surface area contributed by atoms with Gasteiger partial charge in [0, 0.05) is 26.2 Å². The van der Waals surface area contributed by atoms with Crippen LogP contribution in [0.4, 0.5) is 13.6 Å². The normalized spacial score (nSPS) is 16.6. The van der Waals surface area contributed by atoms with E-state index < -0.39 is 29.0 Å². The van der Waals surface area contributed by atoms with Crippen LogP contribution in [0.15, 0.2) is 30.3 Å². The average molecular weight is 347 g/mol. The standard InChI is InChI=1S/C14H19F2N3O3S/c15-13(16)10-17-14(20)18-6-8-19(9-7-18)23(21,22)11-12-4-2-1-3-5-12/h1-5,13H,6-11H2,(H,17,20). The smallest absolute Gasteiger partial charge is 0.317 e. The lowest BCUT2D eigenvalue weighted by molar-refractivity contribution is 0.134. The number of urea groups is 1. The lowest BCUT2D eigenvalue weighted by atomic mass is 10.2. The van der Waals surface area contributed by atoms with E-state index in [1.165, 1.54) is 9.21 Å². The minimum atomic E-state index is -3.46. The van der Waals surface area contributed by atoms with Crippen LogP contribution >= 0.6 is 0 Å². The molecule has 1 aliphatic heterocycles. The molecule has 0 bridgehead atoms. The first-order chi connectivity index (χ1) is 10.9. The molecule has 1 aromatic carbocycles. The number of alkyl halides is 2. The molecule has 0 spiro atoms. The van der Waals surface area contributed by atoms with Gasteiger partial charge in [-0.3, -0.25) is 0 Å². The maximum Gasteiger partial charge on any atom is 0.317 e. The van der Waals surface area contributed by atoms with Crippen molar-refractivity contribution in [3.63, 3.8) is 0 Å². The highest BCUT2D eigenvalue weighted by Crippen LogP contribution is 2.13. The number of hydrogen-bond acceptors (Lipinski definition) is 3. The Morgan fingerprint density at radius 3 is 2.30 bits per heavy atom. The Balaban J connectivity index is 1.87. The Hall–Kier alpha value is -1.74. The molecule has 23 heavy (non-hydrogen) atoms. The van der Waals surface area contributed by atoms with Crippen molar-refractivity contribution in [1.82, 2.24) is 14.5 Å². The molecule has 0 aliphatic carbocycles. The first-order valence-corrected chi connectivity index (χ1v) is 8.82. The van der Waals surface area contributed by atoms with Crippen LogP contribution in [0.1, 0.15) is 5.56 Å². The molecule has 0 saturated carbocycles. The Morgan fingerprint density at radius 2 is 1.74 bits per heavy atom. The molecule has 0 radical (unpaired) electrons. The van der Waals surface area contributed by atoms with Crippen LogP contribution in [0.3, 0.4) is 0 Å². The molecular formula is C14H19F2N3O3S. The van der Waals surface area contributed by atoms with Gasteiger partial charge >= 0.3 is 6.03 Å². The van der Waals surface area contributed by atoms with Crippen LogP contribution in [0.25, 0.3) is 0 Å². The molecule has 1 heterocycles. The van der Waals surface area contributed by atoms with E-state index in [1.54, 1.807) is 24.3 Å². The molecule has 0 aromatic heterocycles. The number of halogens is 2. The van der Waals surface area contributed by atoms with Crippen molar-refractivity contribution >= 4 is 16.1 Å². The van der Waals surface area contributed by atoms with Gasteiger partial charge in [-0.05, 0) is 5.56 Å². The second-order valence-corrected chi connectivity index (χ2v) is 7.17. The summed E-state index contributed by atoms with van der Waals surface area (Å²) in [5, 5.41) is 2.11. The number of benzene rings is 1. The molecular weight excluding hydrogens is 328 g/mol. The van der Waals surface area contributed by atoms with Gasteiger partial charge in [0.05, 0.1) is 12.3 Å². The predicted octanol–water partition coefficient (Wildman–Crippen LogP) is 1.11. The van der Waals surface area contributed by atoms with Crippen molar-refractivity contribution in [2.75, 3.05) is 32.7 Å². The minimum absolute atomic E-state index is 0.0918. The van der Waals surface area contributed by atoms with E-state index in [-0.39, 0.29) is 31.9 Å². The summed E-state index contributed by atoms with van der Waals surface area (Å²) in [4.78, 5) is 13.0. The number of rotatable bonds is 5. The summed E-state index contributed by atoms with van der Waals surface area (Å²) in [5.41, 5.74) is 0.699. The maximum atomic E-state index is 12.4. The van der Waals surface area contributed by atoms with Crippen LogP contribution in [0.2, 0.25) is 0 Å². The van der Waals surface area contributed by atoms with E-state index in [0.717, 1.165) is 0 Å². The molecule has 2 rings (SSSR count). The third-order valence-electron chi connectivity index (χ3n) is 3.52. The first kappa shape index (κ1) is 17.6. The molecule has 6 nitrogen and oxygen atoms in total. The molecule has 0 unspecified atom stereocenters. The molecule has 9 heteroatoms. The summed E-state index contributed by atoms with van der Waals surface area (Å²) in [7, 11) is -3.46. The lowest BCUT2D eigenvalue weighted by Gasteiger charge is -2.34. The zero-order valence-electron chi connectivity index (χ0n) is 12.5. The fraction of sp³-hybridized carbons (Fsp3) is 0.500. The third-order valence-corrected chi connectivity index (χ3v) is 5.37. The molecule has 1 saturated heterocycles. The van der Waals surface area contributed by atoms with Crippen molar-refractivity contribution in [2.45, 2.75) is 12.2 Å². The van der Waals surface area contributed by atoms with Gasteiger partial charge in [-0.25, -0.2) is 22.0 Å². The number of nitrogens with one attached hydrogen (secondary N) is 1. The minimum Gasteiger partial charge on any atom is -0.332 e. The predicted molar refractivity (Wildman–Crippen MR) is 81.6 cm³/mol. The molecule has 128 valence electrons. The van der Waals surface area contributed by atoms with Gasteiger partial charge in [-0.2, -0.15) is 4.31 Å². The summed E-state index contributed by atoms with van der Waals surface area (Å²) in [6, 6.07) is 8.25. The molecule has 1 aliphatic rings. The summed E-state index contributed by atoms with van der Waals surface area (Å²) in [6.45, 7) is -0.00787. The quantitative estimate of drug-likeness (QED) is 0.867. The molecule has 0 atom stereocenters. The van der Waals surface area contributed by atoms with Gasteiger partial charge in [0.2, 0.25) is 10.0 Å². The van der Waals surface area contributed by atoms with Gasteiger partial charge in [0.25, 0.3) is 6.43 Å². The summed E-state index contributed by atoms with van der Waals surface area (Å²) in [5.74, 6) is -0.0918. The number of hydrogen-bond donors (Lipinski definition) is 1. The van der Waals surface area contributed by atoms with E-state index in [2.05, 4.69) is 5.32 Å². The monoisotopic (exact) mass is 347 g/mol. The van der Waals surface area contributed by atoms with Crippen LogP contribution in [0, 0.1) is 0 Å². The summed E-state index contributed by atoms with van der Waals surface area (Å²) < 4.78 is 50.2. The van der Waals surface area contributed by atoms with Gasteiger partial charge in [-0.1, -0.05) is 30.3 Å². The number of amides is 2. The molecule has 1 aromatic rings. The second-order valence-electron chi connectivity index (χ2n) is 5.21. The van der Waals surface area contributed by atoms with Crippen LogP contribution in [-0.2, 0) is 15.8 Å². The SMILES string of the molecule is O=C(NCC(F)F)N1CCN(S(=O)(=O)Cc2ccccc2)CC1. The largest absolute Gasteiger partial charge is 0.332 e. The fourth-order valence-corrected chi connectivity index (χ4v) is 3.84. The second kappa shape index (κ2) is 7.69. The number of carbonyl (C=O) groups is 1. The first-order valence-electron chi connectivity index (χ1n) is 7.21. The van der Waals surface area contributed by atoms with Crippen LogP contribution < -0.4 is 5.32 Å². The summed E-state index contributed by atoms with van der Waals surface area (Å²) >= 11 is 0. The lowest BCUT2D eigenvalue weighted by Crippen LogP contribution is -2.53. The number of piperazine rings is 1. The van der Waals surface area contributed by atoms with E-state index in [4.69, 9.17) is 0 Å². The van der Waals surface area contributed by atoms with Crippen LogP contribution in [0.5, 0.6) is 0 Å². The maximum absolute atomic E-state index is 12.4. The van der Waals surface area contributed by atoms with Crippen molar-refractivity contribution < 1.29 is 22.0 Å². The Bertz CT molecular complexity index is 617. The Morgan fingerprint density at radius 1 is 1.13 bits per heavy atom. The van der Waals surface area contributed by atoms with E-state index >= 15 is 0 Å². The molecule has 2 amide bonds. The van der Waals surface area contributed by atoms with Crippen molar-refractivity contribution in [1.29, 1.82) is 0 Å². The van der Waals surface area contributed by atoms with Crippen molar-refractivity contribution in [2.24, 2.45) is 0 Å². The zero-order valence-corrected chi connectivity index (χ0v) is 13.3. The number of sulfonamides is 1. The van der Waals surface area contributed by atoms with Crippen molar-refractivity contribution in [3.05, 3.63) is 35.9 Å².